The average Bonchev–Trinajstić information content (AvgIpc) is 2.14. The molecule has 0 fully saturated rings. The summed E-state index contributed by atoms with van der Waals surface area (Å²) >= 11 is 0. The van der Waals surface area contributed by atoms with Crippen LogP contribution in [-0.4, -0.2) is 22.8 Å². The first kappa shape index (κ1) is 11.7. The van der Waals surface area contributed by atoms with Crippen molar-refractivity contribution in [1.29, 1.82) is 0 Å². The van der Waals surface area contributed by atoms with Crippen LogP contribution in [0.3, 0.4) is 0 Å². The van der Waals surface area contributed by atoms with Crippen LogP contribution in [0.2, 0.25) is 0 Å². The first-order valence-corrected chi connectivity index (χ1v) is 4.40. The number of ether oxygens (including phenoxy) is 1. The molecule has 0 bridgehead atoms. The van der Waals surface area contributed by atoms with E-state index in [0.717, 1.165) is 5.56 Å². The summed E-state index contributed by atoms with van der Waals surface area (Å²) in [6.07, 6.45) is -1.44. The van der Waals surface area contributed by atoms with E-state index in [1.54, 1.807) is 0 Å². The van der Waals surface area contributed by atoms with Gasteiger partial charge in [0.15, 0.2) is 6.61 Å². The minimum Gasteiger partial charge on any atom is -0.454 e. The van der Waals surface area contributed by atoms with Crippen molar-refractivity contribution in [3.63, 3.8) is 0 Å². The molecule has 1 rings (SSSR count). The molecule has 1 aromatic rings. The third-order valence-corrected chi connectivity index (χ3v) is 1.68. The lowest BCUT2D eigenvalue weighted by atomic mass is 10.1. The summed E-state index contributed by atoms with van der Waals surface area (Å²) in [5.41, 5.74) is 0.856. The molecule has 0 amide bonds. The molecule has 0 unspecified atom stereocenters. The fourth-order valence-corrected chi connectivity index (χ4v) is 0.845. The molecular weight excluding hydrogens is 209 g/mol. The van der Waals surface area contributed by atoms with Crippen molar-refractivity contribution >= 4 is 0 Å². The zero-order valence-electron chi connectivity index (χ0n) is 8.38. The highest BCUT2D eigenvalue weighted by Gasteiger charge is 2.28. The number of hydrogen-bond acceptors (Lipinski definition) is 3. The highest BCUT2D eigenvalue weighted by atomic mass is 19.4. The van der Waals surface area contributed by atoms with Crippen molar-refractivity contribution in [3.8, 4) is 6.01 Å². The maximum absolute atomic E-state index is 11.8. The van der Waals surface area contributed by atoms with Crippen molar-refractivity contribution in [2.24, 2.45) is 0 Å². The van der Waals surface area contributed by atoms with E-state index in [4.69, 9.17) is 0 Å². The standard InChI is InChI=1S/C9H11F3N2O/c1-6(2)7-3-13-8(14-4-7)15-5-9(10,11)12/h3-4,6H,5H2,1-2H3. The Hall–Kier alpha value is -1.33. The number of aromatic nitrogens is 2. The molecule has 84 valence electrons. The first-order valence-electron chi connectivity index (χ1n) is 4.40. The van der Waals surface area contributed by atoms with Crippen LogP contribution in [0.1, 0.15) is 25.3 Å². The van der Waals surface area contributed by atoms with Crippen molar-refractivity contribution in [2.75, 3.05) is 6.61 Å². The van der Waals surface area contributed by atoms with Crippen LogP contribution in [0.15, 0.2) is 12.4 Å². The Morgan fingerprint density at radius 2 is 1.80 bits per heavy atom. The first-order chi connectivity index (χ1) is 6.88. The summed E-state index contributed by atoms with van der Waals surface area (Å²) in [5, 5.41) is 0. The average molecular weight is 220 g/mol. The van der Waals surface area contributed by atoms with Crippen molar-refractivity contribution in [2.45, 2.75) is 25.9 Å². The van der Waals surface area contributed by atoms with Crippen LogP contribution in [-0.2, 0) is 0 Å². The van der Waals surface area contributed by atoms with Crippen molar-refractivity contribution in [1.82, 2.24) is 9.97 Å². The van der Waals surface area contributed by atoms with Gasteiger partial charge in [0.2, 0.25) is 0 Å². The number of hydrogen-bond donors (Lipinski definition) is 0. The zero-order valence-corrected chi connectivity index (χ0v) is 8.38. The number of alkyl halides is 3. The molecule has 0 aliphatic carbocycles. The number of nitrogens with zero attached hydrogens (tertiary/aromatic N) is 2. The molecule has 0 radical (unpaired) electrons. The highest BCUT2D eigenvalue weighted by molar-refractivity contribution is 5.11. The Morgan fingerprint density at radius 1 is 1.27 bits per heavy atom. The van der Waals surface area contributed by atoms with Gasteiger partial charge in [0.1, 0.15) is 0 Å². The summed E-state index contributed by atoms with van der Waals surface area (Å²) in [4.78, 5) is 7.34. The van der Waals surface area contributed by atoms with Crippen LogP contribution in [0.5, 0.6) is 6.01 Å². The van der Waals surface area contributed by atoms with Crippen LogP contribution in [0.4, 0.5) is 13.2 Å². The van der Waals surface area contributed by atoms with E-state index in [9.17, 15) is 13.2 Å². The smallest absolute Gasteiger partial charge is 0.422 e. The minimum absolute atomic E-state index is 0.238. The van der Waals surface area contributed by atoms with Gasteiger partial charge in [0, 0.05) is 12.4 Å². The predicted molar refractivity (Wildman–Crippen MR) is 47.7 cm³/mol. The second kappa shape index (κ2) is 4.46. The molecule has 1 aromatic heterocycles. The second-order valence-corrected chi connectivity index (χ2v) is 3.36. The molecule has 1 heterocycles. The van der Waals surface area contributed by atoms with Gasteiger partial charge in [-0.25, -0.2) is 9.97 Å². The molecule has 0 aliphatic rings. The van der Waals surface area contributed by atoms with Crippen LogP contribution < -0.4 is 4.74 Å². The second-order valence-electron chi connectivity index (χ2n) is 3.36. The largest absolute Gasteiger partial charge is 0.454 e. The van der Waals surface area contributed by atoms with Crippen LogP contribution in [0, 0.1) is 0 Å². The van der Waals surface area contributed by atoms with Gasteiger partial charge < -0.3 is 4.74 Å². The van der Waals surface area contributed by atoms with Gasteiger partial charge in [-0.2, -0.15) is 13.2 Å². The van der Waals surface area contributed by atoms with Gasteiger partial charge in [0.05, 0.1) is 0 Å². The summed E-state index contributed by atoms with van der Waals surface area (Å²) in [6.45, 7) is 2.51. The van der Waals surface area contributed by atoms with Gasteiger partial charge in [-0.15, -0.1) is 0 Å². The van der Waals surface area contributed by atoms with E-state index in [0.29, 0.717) is 0 Å². The third-order valence-electron chi connectivity index (χ3n) is 1.68. The van der Waals surface area contributed by atoms with Gasteiger partial charge in [-0.1, -0.05) is 13.8 Å². The lowest BCUT2D eigenvalue weighted by Crippen LogP contribution is -2.20. The highest BCUT2D eigenvalue weighted by Crippen LogP contribution is 2.17. The Balaban J connectivity index is 2.57. The van der Waals surface area contributed by atoms with E-state index in [2.05, 4.69) is 14.7 Å². The summed E-state index contributed by atoms with van der Waals surface area (Å²) in [6, 6.07) is -0.253. The topological polar surface area (TPSA) is 35.0 Å². The van der Waals surface area contributed by atoms with E-state index < -0.39 is 12.8 Å². The van der Waals surface area contributed by atoms with Gasteiger partial charge in [0.25, 0.3) is 0 Å². The Kier molecular flexibility index (Phi) is 3.49. The fraction of sp³-hybridized carbons (Fsp3) is 0.556. The zero-order chi connectivity index (χ0) is 11.5. The molecule has 6 heteroatoms. The maximum Gasteiger partial charge on any atom is 0.422 e. The molecular formula is C9H11F3N2O. The van der Waals surface area contributed by atoms with Crippen molar-refractivity contribution in [3.05, 3.63) is 18.0 Å². The normalized spacial score (nSPS) is 11.9. The molecule has 0 saturated heterocycles. The van der Waals surface area contributed by atoms with Gasteiger partial charge >= 0.3 is 12.2 Å². The Morgan fingerprint density at radius 3 is 2.20 bits per heavy atom. The molecule has 0 atom stereocenters. The van der Waals surface area contributed by atoms with Gasteiger partial charge in [-0.05, 0) is 11.5 Å². The van der Waals surface area contributed by atoms with E-state index in [-0.39, 0.29) is 11.9 Å². The van der Waals surface area contributed by atoms with E-state index in [1.165, 1.54) is 12.4 Å². The van der Waals surface area contributed by atoms with E-state index >= 15 is 0 Å². The molecule has 0 aromatic carbocycles. The lowest BCUT2D eigenvalue weighted by molar-refractivity contribution is -0.154. The SMILES string of the molecule is CC(C)c1cnc(OCC(F)(F)F)nc1. The monoisotopic (exact) mass is 220 g/mol. The fourth-order valence-electron chi connectivity index (χ4n) is 0.845. The van der Waals surface area contributed by atoms with Gasteiger partial charge in [-0.3, -0.25) is 0 Å². The Bertz CT molecular complexity index is 308. The Labute approximate surface area is 85.3 Å². The molecule has 0 saturated carbocycles. The molecule has 3 nitrogen and oxygen atoms in total. The van der Waals surface area contributed by atoms with Crippen LogP contribution in [0.25, 0.3) is 0 Å². The summed E-state index contributed by atoms with van der Waals surface area (Å²) < 4.78 is 39.7. The molecule has 15 heavy (non-hydrogen) atoms. The van der Waals surface area contributed by atoms with Crippen molar-refractivity contribution < 1.29 is 17.9 Å². The summed E-state index contributed by atoms with van der Waals surface area (Å²) in [5.74, 6) is 0.238. The summed E-state index contributed by atoms with van der Waals surface area (Å²) in [7, 11) is 0. The minimum atomic E-state index is -4.36. The maximum atomic E-state index is 11.8. The molecule has 0 aliphatic heterocycles. The lowest BCUT2D eigenvalue weighted by Gasteiger charge is -2.08. The van der Waals surface area contributed by atoms with Crippen LogP contribution >= 0.6 is 0 Å². The number of rotatable bonds is 3. The molecule has 0 N–H and O–H groups in total. The predicted octanol–water partition coefficient (Wildman–Crippen LogP) is 2.54. The van der Waals surface area contributed by atoms with E-state index in [1.807, 2.05) is 13.8 Å². The third kappa shape index (κ3) is 4.14. The number of halogens is 3. The molecule has 0 spiro atoms. The quantitative estimate of drug-likeness (QED) is 0.785.